The van der Waals surface area contributed by atoms with Gasteiger partial charge in [0.15, 0.2) is 0 Å². The molecule has 2 N–H and O–H groups in total. The standard InChI is InChI=1S/C14H25N5O/c1-5-15-13-8-16-12(7-17-13)9-19(4)10-14(20)18-6-11(2)3/h7-8,11H,5-6,9-10H2,1-4H3,(H,15,17)(H,18,20). The van der Waals surface area contributed by atoms with Gasteiger partial charge in [-0.2, -0.15) is 0 Å². The van der Waals surface area contributed by atoms with Gasteiger partial charge in [0, 0.05) is 19.6 Å². The molecule has 112 valence electrons. The Labute approximate surface area is 121 Å². The Kier molecular flexibility index (Phi) is 6.93. The van der Waals surface area contributed by atoms with E-state index in [0.29, 0.717) is 25.6 Å². The average molecular weight is 279 g/mol. The molecule has 0 bridgehead atoms. The number of carbonyl (C=O) groups is 1. The van der Waals surface area contributed by atoms with E-state index >= 15 is 0 Å². The van der Waals surface area contributed by atoms with E-state index in [4.69, 9.17) is 0 Å². The molecule has 1 aromatic rings. The van der Waals surface area contributed by atoms with Crippen LogP contribution in [0.15, 0.2) is 12.4 Å². The number of hydrogen-bond donors (Lipinski definition) is 2. The molecule has 0 atom stereocenters. The Hall–Kier alpha value is -1.69. The van der Waals surface area contributed by atoms with Crippen molar-refractivity contribution in [3.8, 4) is 0 Å². The van der Waals surface area contributed by atoms with Gasteiger partial charge in [0.05, 0.1) is 24.6 Å². The third kappa shape index (κ3) is 6.47. The van der Waals surface area contributed by atoms with Crippen molar-refractivity contribution in [1.82, 2.24) is 20.2 Å². The fourth-order valence-corrected chi connectivity index (χ4v) is 1.66. The van der Waals surface area contributed by atoms with Crippen LogP contribution in [0.3, 0.4) is 0 Å². The number of aromatic nitrogens is 2. The summed E-state index contributed by atoms with van der Waals surface area (Å²) in [4.78, 5) is 22.2. The highest BCUT2D eigenvalue weighted by Crippen LogP contribution is 2.02. The lowest BCUT2D eigenvalue weighted by molar-refractivity contribution is -0.122. The Bertz CT molecular complexity index is 405. The summed E-state index contributed by atoms with van der Waals surface area (Å²) in [5.41, 5.74) is 0.853. The minimum atomic E-state index is 0.0402. The first kappa shape index (κ1) is 16.4. The van der Waals surface area contributed by atoms with Crippen LogP contribution in [0.25, 0.3) is 0 Å². The zero-order valence-electron chi connectivity index (χ0n) is 12.8. The Morgan fingerprint density at radius 1 is 1.35 bits per heavy atom. The van der Waals surface area contributed by atoms with Crippen molar-refractivity contribution in [2.75, 3.05) is 32.0 Å². The normalized spacial score (nSPS) is 10.9. The van der Waals surface area contributed by atoms with Crippen LogP contribution >= 0.6 is 0 Å². The smallest absolute Gasteiger partial charge is 0.234 e. The number of likely N-dealkylation sites (N-methyl/N-ethyl adjacent to an activating group) is 1. The van der Waals surface area contributed by atoms with Crippen LogP contribution in [0.2, 0.25) is 0 Å². The largest absolute Gasteiger partial charge is 0.369 e. The molecule has 0 radical (unpaired) electrons. The first-order chi connectivity index (χ1) is 9.51. The number of anilines is 1. The summed E-state index contributed by atoms with van der Waals surface area (Å²) in [5, 5.41) is 5.99. The van der Waals surface area contributed by atoms with Gasteiger partial charge in [0.1, 0.15) is 5.82 Å². The lowest BCUT2D eigenvalue weighted by Crippen LogP contribution is -2.36. The number of carbonyl (C=O) groups excluding carboxylic acids is 1. The minimum Gasteiger partial charge on any atom is -0.369 e. The molecule has 0 fully saturated rings. The van der Waals surface area contributed by atoms with Crippen LogP contribution in [0.4, 0.5) is 5.82 Å². The SMILES string of the molecule is CCNc1cnc(CN(C)CC(=O)NCC(C)C)cn1. The number of hydrogen-bond acceptors (Lipinski definition) is 5. The van der Waals surface area contributed by atoms with E-state index in [1.807, 2.05) is 18.9 Å². The molecule has 1 rings (SSSR count). The van der Waals surface area contributed by atoms with Gasteiger partial charge in [-0.1, -0.05) is 13.8 Å². The second-order valence-electron chi connectivity index (χ2n) is 5.29. The average Bonchev–Trinajstić information content (AvgIpc) is 2.39. The fourth-order valence-electron chi connectivity index (χ4n) is 1.66. The monoisotopic (exact) mass is 279 g/mol. The second-order valence-corrected chi connectivity index (χ2v) is 5.29. The molecule has 1 heterocycles. The van der Waals surface area contributed by atoms with Crippen molar-refractivity contribution in [3.05, 3.63) is 18.1 Å². The predicted octanol–water partition coefficient (Wildman–Crippen LogP) is 1.11. The summed E-state index contributed by atoms with van der Waals surface area (Å²) in [6.45, 7) is 8.67. The van der Waals surface area contributed by atoms with Crippen LogP contribution in [-0.4, -0.2) is 47.5 Å². The second kappa shape index (κ2) is 8.47. The summed E-state index contributed by atoms with van der Waals surface area (Å²) >= 11 is 0. The van der Waals surface area contributed by atoms with E-state index in [0.717, 1.165) is 18.1 Å². The van der Waals surface area contributed by atoms with E-state index < -0.39 is 0 Å². The highest BCUT2D eigenvalue weighted by Gasteiger charge is 2.08. The molecule has 0 aliphatic carbocycles. The van der Waals surface area contributed by atoms with Gasteiger partial charge in [-0.25, -0.2) is 4.98 Å². The van der Waals surface area contributed by atoms with Gasteiger partial charge in [-0.15, -0.1) is 0 Å². The zero-order chi connectivity index (χ0) is 15.0. The van der Waals surface area contributed by atoms with Crippen LogP contribution < -0.4 is 10.6 Å². The van der Waals surface area contributed by atoms with Gasteiger partial charge in [0.2, 0.25) is 5.91 Å². The fraction of sp³-hybridized carbons (Fsp3) is 0.643. The molecule has 0 saturated carbocycles. The predicted molar refractivity (Wildman–Crippen MR) is 80.4 cm³/mol. The summed E-state index contributed by atoms with van der Waals surface area (Å²) in [6.07, 6.45) is 3.45. The number of amides is 1. The molecule has 0 spiro atoms. The molecular weight excluding hydrogens is 254 g/mol. The topological polar surface area (TPSA) is 70.2 Å². The van der Waals surface area contributed by atoms with Crippen molar-refractivity contribution in [1.29, 1.82) is 0 Å². The van der Waals surface area contributed by atoms with Crippen molar-refractivity contribution >= 4 is 11.7 Å². The molecule has 0 unspecified atom stereocenters. The molecule has 0 aliphatic rings. The Morgan fingerprint density at radius 3 is 2.65 bits per heavy atom. The first-order valence-electron chi connectivity index (χ1n) is 7.01. The lowest BCUT2D eigenvalue weighted by atomic mass is 10.2. The molecule has 1 aromatic heterocycles. The van der Waals surface area contributed by atoms with Crippen molar-refractivity contribution in [2.24, 2.45) is 5.92 Å². The maximum Gasteiger partial charge on any atom is 0.234 e. The molecule has 6 nitrogen and oxygen atoms in total. The number of nitrogens with zero attached hydrogens (tertiary/aromatic N) is 3. The van der Waals surface area contributed by atoms with Crippen molar-refractivity contribution in [3.63, 3.8) is 0 Å². The molecule has 6 heteroatoms. The minimum absolute atomic E-state index is 0.0402. The summed E-state index contributed by atoms with van der Waals surface area (Å²) in [6, 6.07) is 0. The van der Waals surface area contributed by atoms with Crippen LogP contribution in [-0.2, 0) is 11.3 Å². The molecular formula is C14H25N5O. The van der Waals surface area contributed by atoms with Crippen LogP contribution in [0.1, 0.15) is 26.5 Å². The van der Waals surface area contributed by atoms with E-state index in [2.05, 4.69) is 34.4 Å². The molecule has 0 saturated heterocycles. The number of rotatable bonds is 8. The maximum absolute atomic E-state index is 11.7. The Morgan fingerprint density at radius 2 is 2.10 bits per heavy atom. The van der Waals surface area contributed by atoms with E-state index in [1.165, 1.54) is 0 Å². The third-order valence-corrected chi connectivity index (χ3v) is 2.62. The summed E-state index contributed by atoms with van der Waals surface area (Å²) in [5.74, 6) is 1.28. The summed E-state index contributed by atoms with van der Waals surface area (Å²) < 4.78 is 0. The van der Waals surface area contributed by atoms with Gasteiger partial charge in [-0.05, 0) is 19.9 Å². The zero-order valence-corrected chi connectivity index (χ0v) is 12.8. The van der Waals surface area contributed by atoms with E-state index in [9.17, 15) is 4.79 Å². The highest BCUT2D eigenvalue weighted by molar-refractivity contribution is 5.77. The van der Waals surface area contributed by atoms with E-state index in [-0.39, 0.29) is 5.91 Å². The van der Waals surface area contributed by atoms with Crippen LogP contribution in [0, 0.1) is 5.92 Å². The highest BCUT2D eigenvalue weighted by atomic mass is 16.2. The maximum atomic E-state index is 11.7. The van der Waals surface area contributed by atoms with Crippen molar-refractivity contribution < 1.29 is 4.79 Å². The van der Waals surface area contributed by atoms with Gasteiger partial charge in [-0.3, -0.25) is 14.7 Å². The molecule has 0 aliphatic heterocycles. The molecule has 20 heavy (non-hydrogen) atoms. The van der Waals surface area contributed by atoms with Gasteiger partial charge >= 0.3 is 0 Å². The number of nitrogens with one attached hydrogen (secondary N) is 2. The quantitative estimate of drug-likeness (QED) is 0.746. The summed E-state index contributed by atoms with van der Waals surface area (Å²) in [7, 11) is 1.90. The van der Waals surface area contributed by atoms with Crippen molar-refractivity contribution in [2.45, 2.75) is 27.3 Å². The third-order valence-electron chi connectivity index (χ3n) is 2.62. The first-order valence-corrected chi connectivity index (χ1v) is 7.01. The van der Waals surface area contributed by atoms with E-state index in [1.54, 1.807) is 12.4 Å². The molecule has 1 amide bonds. The lowest BCUT2D eigenvalue weighted by Gasteiger charge is -2.16. The van der Waals surface area contributed by atoms with Crippen LogP contribution in [0.5, 0.6) is 0 Å². The van der Waals surface area contributed by atoms with Gasteiger partial charge < -0.3 is 10.6 Å². The Balaban J connectivity index is 2.37. The molecule has 0 aromatic carbocycles. The van der Waals surface area contributed by atoms with Gasteiger partial charge in [0.25, 0.3) is 0 Å².